The lowest BCUT2D eigenvalue weighted by Gasteiger charge is -2.21. The molecule has 0 amide bonds. The average molecular weight is 1300 g/mol. The fraction of sp³-hybridized carbons (Fsp3) is 0.942. The van der Waals surface area contributed by atoms with E-state index < -0.39 is 97.5 Å². The molecule has 0 saturated carbocycles. The summed E-state index contributed by atoms with van der Waals surface area (Å²) >= 11 is 0. The van der Waals surface area contributed by atoms with Gasteiger partial charge in [0, 0.05) is 25.7 Å². The fourth-order valence-corrected chi connectivity index (χ4v) is 12.0. The number of phosphoric ester groups is 2. The van der Waals surface area contributed by atoms with Gasteiger partial charge in [0.05, 0.1) is 26.4 Å². The second-order valence-electron chi connectivity index (χ2n) is 25.4. The van der Waals surface area contributed by atoms with Gasteiger partial charge >= 0.3 is 39.5 Å². The van der Waals surface area contributed by atoms with Crippen LogP contribution in [-0.2, 0) is 65.4 Å². The number of carbonyl (C=O) groups excluding carboxylic acids is 4. The number of rotatable bonds is 69. The Morgan fingerprint density at radius 1 is 0.307 bits per heavy atom. The van der Waals surface area contributed by atoms with Crippen molar-refractivity contribution in [1.82, 2.24) is 0 Å². The number of aliphatic hydroxyl groups excluding tert-OH is 1. The summed E-state index contributed by atoms with van der Waals surface area (Å²) in [6.45, 7) is 7.15. The zero-order chi connectivity index (χ0) is 64.9. The highest BCUT2D eigenvalue weighted by Crippen LogP contribution is 2.45. The first-order valence-corrected chi connectivity index (χ1v) is 39.1. The summed E-state index contributed by atoms with van der Waals surface area (Å²) in [6.07, 6.45) is 49.1. The van der Waals surface area contributed by atoms with Crippen LogP contribution in [0.1, 0.15) is 356 Å². The number of carbonyl (C=O) groups is 4. The van der Waals surface area contributed by atoms with E-state index in [0.29, 0.717) is 25.7 Å². The number of hydrogen-bond donors (Lipinski definition) is 3. The van der Waals surface area contributed by atoms with Crippen molar-refractivity contribution < 1.29 is 80.2 Å². The molecule has 0 fully saturated rings. The molecule has 3 N–H and O–H groups in total. The summed E-state index contributed by atoms with van der Waals surface area (Å²) in [5.74, 6) is -1.34. The highest BCUT2D eigenvalue weighted by Gasteiger charge is 2.30. The first kappa shape index (κ1) is 86.1. The summed E-state index contributed by atoms with van der Waals surface area (Å²) in [4.78, 5) is 72.1. The normalized spacial score (nSPS) is 14.1. The Labute approximate surface area is 537 Å². The third kappa shape index (κ3) is 62.8. The molecule has 0 aromatic heterocycles. The molecule has 0 aliphatic carbocycles. The molecule has 0 heterocycles. The minimum atomic E-state index is -4.95. The Morgan fingerprint density at radius 3 is 0.773 bits per heavy atom. The van der Waals surface area contributed by atoms with Crippen LogP contribution >= 0.6 is 15.6 Å². The minimum absolute atomic E-state index is 0.104. The van der Waals surface area contributed by atoms with Gasteiger partial charge in [0.25, 0.3) is 0 Å². The summed E-state index contributed by atoms with van der Waals surface area (Å²) in [5, 5.41) is 10.5. The Morgan fingerprint density at radius 2 is 0.523 bits per heavy atom. The molecule has 0 rings (SSSR count). The van der Waals surface area contributed by atoms with E-state index in [0.717, 1.165) is 109 Å². The van der Waals surface area contributed by atoms with Crippen molar-refractivity contribution in [3.63, 3.8) is 0 Å². The molecular formula is C69H134O17P2. The topological polar surface area (TPSA) is 237 Å². The van der Waals surface area contributed by atoms with Gasteiger partial charge in [-0.1, -0.05) is 304 Å². The summed E-state index contributed by atoms with van der Waals surface area (Å²) in [5.41, 5.74) is 0. The number of esters is 4. The lowest BCUT2D eigenvalue weighted by Crippen LogP contribution is -2.30. The van der Waals surface area contributed by atoms with Crippen molar-refractivity contribution in [3.8, 4) is 0 Å². The molecule has 0 bridgehead atoms. The van der Waals surface area contributed by atoms with Gasteiger partial charge in [-0.15, -0.1) is 0 Å². The van der Waals surface area contributed by atoms with E-state index in [4.69, 9.17) is 37.0 Å². The lowest BCUT2D eigenvalue weighted by molar-refractivity contribution is -0.161. The van der Waals surface area contributed by atoms with Crippen LogP contribution in [0.25, 0.3) is 0 Å². The van der Waals surface area contributed by atoms with Crippen molar-refractivity contribution in [2.45, 2.75) is 374 Å². The Hall–Kier alpha value is -1.94. The number of unbranched alkanes of at least 4 members (excludes halogenated alkanes) is 41. The van der Waals surface area contributed by atoms with Crippen LogP contribution in [0.2, 0.25) is 0 Å². The van der Waals surface area contributed by atoms with E-state index in [-0.39, 0.29) is 25.7 Å². The monoisotopic (exact) mass is 1300 g/mol. The second-order valence-corrected chi connectivity index (χ2v) is 28.3. The Balaban J connectivity index is 5.12. The van der Waals surface area contributed by atoms with Crippen molar-refractivity contribution in [1.29, 1.82) is 0 Å². The molecule has 522 valence electrons. The first-order chi connectivity index (χ1) is 42.5. The Bertz CT molecular complexity index is 1700. The first-order valence-electron chi connectivity index (χ1n) is 36.1. The molecule has 0 saturated heterocycles. The maximum Gasteiger partial charge on any atom is 0.472 e. The molecule has 0 radical (unpaired) electrons. The number of hydrogen-bond acceptors (Lipinski definition) is 15. The van der Waals surface area contributed by atoms with Gasteiger partial charge in [-0.25, -0.2) is 9.13 Å². The zero-order valence-electron chi connectivity index (χ0n) is 56.9. The van der Waals surface area contributed by atoms with Gasteiger partial charge < -0.3 is 33.8 Å². The van der Waals surface area contributed by atoms with Crippen LogP contribution < -0.4 is 0 Å². The Kier molecular flexibility index (Phi) is 61.1. The zero-order valence-corrected chi connectivity index (χ0v) is 58.6. The standard InChI is InChI=1S/C69H134O17P2/c1-6-9-12-15-17-19-20-21-22-23-24-25-30-33-36-40-45-50-55-69(74)86-65(59-80-67(72)53-48-43-39-35-32-29-27-26-28-31-34-37-42-46-51-62(4)5)61-84-88(77,78)82-57-63(70)56-81-87(75,76)83-60-64(58-79-66(71)52-47-41-14-11-8-3)85-68(73)54-49-44-38-18-16-13-10-7-2/h62-65,70H,6-61H2,1-5H3,(H,75,76)(H,77,78)/t63-,64+,65+/m0/s1. The van der Waals surface area contributed by atoms with E-state index in [1.807, 2.05) is 0 Å². The van der Waals surface area contributed by atoms with Gasteiger partial charge in [-0.3, -0.25) is 37.3 Å². The van der Waals surface area contributed by atoms with Gasteiger partial charge in [0.1, 0.15) is 19.3 Å². The van der Waals surface area contributed by atoms with Crippen molar-refractivity contribution in [3.05, 3.63) is 0 Å². The van der Waals surface area contributed by atoms with E-state index >= 15 is 0 Å². The molecule has 0 aliphatic rings. The van der Waals surface area contributed by atoms with Gasteiger partial charge in [-0.05, 0) is 31.6 Å². The molecule has 2 unspecified atom stereocenters. The number of aliphatic hydroxyl groups is 1. The maximum atomic E-state index is 13.0. The second kappa shape index (κ2) is 62.5. The van der Waals surface area contributed by atoms with Crippen molar-refractivity contribution >= 4 is 39.5 Å². The van der Waals surface area contributed by atoms with Crippen LogP contribution in [0.4, 0.5) is 0 Å². The third-order valence-corrected chi connectivity index (χ3v) is 17.9. The van der Waals surface area contributed by atoms with E-state index in [9.17, 15) is 43.2 Å². The third-order valence-electron chi connectivity index (χ3n) is 16.0. The molecule has 17 nitrogen and oxygen atoms in total. The molecule has 0 spiro atoms. The SMILES string of the molecule is CCCCCCCCCCCCCCCCCCCCC(=O)O[C@H](COC(=O)CCCCCCCCCCCCCCCCC(C)C)COP(=O)(O)OC[C@@H](O)COP(=O)(O)OC[C@@H](COC(=O)CCCCCCC)OC(=O)CCCCCCCCCC. The van der Waals surface area contributed by atoms with Crippen LogP contribution in [0, 0.1) is 5.92 Å². The van der Waals surface area contributed by atoms with Crippen LogP contribution in [-0.4, -0.2) is 96.7 Å². The fourth-order valence-electron chi connectivity index (χ4n) is 10.5. The molecule has 0 aromatic carbocycles. The van der Waals surface area contributed by atoms with E-state index in [2.05, 4.69) is 34.6 Å². The number of ether oxygens (including phenoxy) is 4. The quantitative estimate of drug-likeness (QED) is 0.0222. The predicted molar refractivity (Wildman–Crippen MR) is 354 cm³/mol. The van der Waals surface area contributed by atoms with E-state index in [1.54, 1.807) is 0 Å². The molecule has 88 heavy (non-hydrogen) atoms. The molecule has 0 aliphatic heterocycles. The largest absolute Gasteiger partial charge is 0.472 e. The summed E-state index contributed by atoms with van der Waals surface area (Å²) in [6, 6.07) is 0. The summed E-state index contributed by atoms with van der Waals surface area (Å²) < 4.78 is 67.9. The van der Waals surface area contributed by atoms with Gasteiger partial charge in [0.2, 0.25) is 0 Å². The van der Waals surface area contributed by atoms with E-state index in [1.165, 1.54) is 167 Å². The van der Waals surface area contributed by atoms with Crippen molar-refractivity contribution in [2.75, 3.05) is 39.6 Å². The number of phosphoric acid groups is 2. The average Bonchev–Trinajstić information content (AvgIpc) is 3.62. The van der Waals surface area contributed by atoms with Crippen LogP contribution in [0.3, 0.4) is 0 Å². The molecule has 0 aromatic rings. The molecule has 5 atom stereocenters. The molecular weight excluding hydrogens is 1160 g/mol. The summed E-state index contributed by atoms with van der Waals surface area (Å²) in [7, 11) is -9.88. The highest BCUT2D eigenvalue weighted by atomic mass is 31.2. The van der Waals surface area contributed by atoms with Crippen molar-refractivity contribution in [2.24, 2.45) is 5.92 Å². The minimum Gasteiger partial charge on any atom is -0.462 e. The molecule has 19 heteroatoms. The highest BCUT2D eigenvalue weighted by molar-refractivity contribution is 7.47. The van der Waals surface area contributed by atoms with Gasteiger partial charge in [0.15, 0.2) is 12.2 Å². The predicted octanol–water partition coefficient (Wildman–Crippen LogP) is 19.7. The smallest absolute Gasteiger partial charge is 0.462 e. The lowest BCUT2D eigenvalue weighted by atomic mass is 10.0. The maximum absolute atomic E-state index is 13.0. The van der Waals surface area contributed by atoms with Gasteiger partial charge in [-0.2, -0.15) is 0 Å². The van der Waals surface area contributed by atoms with Crippen LogP contribution in [0.15, 0.2) is 0 Å². The van der Waals surface area contributed by atoms with Crippen LogP contribution in [0.5, 0.6) is 0 Å².